The molecule has 178 valence electrons. The zero-order valence-electron chi connectivity index (χ0n) is 19.5. The van der Waals surface area contributed by atoms with Crippen LogP contribution in [0.5, 0.6) is 0 Å². The number of aliphatic hydroxyl groups is 3. The number of hydrogen-bond donors (Lipinski definition) is 3. The highest BCUT2D eigenvalue weighted by Crippen LogP contribution is 2.66. The van der Waals surface area contributed by atoms with Crippen LogP contribution in [0.3, 0.4) is 0 Å². The van der Waals surface area contributed by atoms with Gasteiger partial charge in [0, 0.05) is 5.92 Å². The highest BCUT2D eigenvalue weighted by molar-refractivity contribution is 5.96. The molecule has 1 aromatic rings. The lowest BCUT2D eigenvalue weighted by molar-refractivity contribution is -0.156. The van der Waals surface area contributed by atoms with Crippen molar-refractivity contribution in [3.8, 4) is 0 Å². The number of aliphatic hydroxyl groups excluding tert-OH is 3. The number of hydrogen-bond acceptors (Lipinski definition) is 4. The fourth-order valence-electron chi connectivity index (χ4n) is 8.08. The van der Waals surface area contributed by atoms with Crippen LogP contribution in [0.4, 0.5) is 4.39 Å². The topological polar surface area (TPSA) is 77.8 Å². The maximum Gasteiger partial charge on any atom is 0.159 e. The van der Waals surface area contributed by atoms with E-state index < -0.39 is 12.2 Å². The molecular formula is C28H35FO4. The molecule has 0 aromatic heterocycles. The Labute approximate surface area is 195 Å². The first kappa shape index (κ1) is 22.9. The van der Waals surface area contributed by atoms with Gasteiger partial charge in [-0.05, 0) is 90.9 Å². The predicted molar refractivity (Wildman–Crippen MR) is 124 cm³/mol. The summed E-state index contributed by atoms with van der Waals surface area (Å²) in [5.74, 6) is -0.435. The first-order valence-corrected chi connectivity index (χ1v) is 12.4. The summed E-state index contributed by atoms with van der Waals surface area (Å²) in [4.78, 5) is 13.3. The molecule has 3 saturated carbocycles. The summed E-state index contributed by atoms with van der Waals surface area (Å²) in [7, 11) is 0. The van der Waals surface area contributed by atoms with Crippen molar-refractivity contribution < 1.29 is 24.5 Å². The molecule has 0 spiro atoms. The minimum atomic E-state index is -0.661. The van der Waals surface area contributed by atoms with Gasteiger partial charge in [0.25, 0.3) is 0 Å². The summed E-state index contributed by atoms with van der Waals surface area (Å²) >= 11 is 0. The van der Waals surface area contributed by atoms with Gasteiger partial charge >= 0.3 is 0 Å². The van der Waals surface area contributed by atoms with Gasteiger partial charge in [-0.2, -0.15) is 0 Å². The maximum atomic E-state index is 13.3. The zero-order valence-corrected chi connectivity index (χ0v) is 19.5. The SMILES string of the molecule is C[C@]12C[C@@H](O)[C@H]3[C@@H]([C@H](O)C=C4C[C@@H](O)CC[C@@]43C)[C@@H]1CC[C@@H]2C(=O)/C=C/c1ccc(F)cc1. The van der Waals surface area contributed by atoms with Gasteiger partial charge in [-0.15, -0.1) is 0 Å². The Bertz CT molecular complexity index is 984. The van der Waals surface area contributed by atoms with Gasteiger partial charge in [0.05, 0.1) is 18.3 Å². The van der Waals surface area contributed by atoms with E-state index >= 15 is 0 Å². The van der Waals surface area contributed by atoms with E-state index in [4.69, 9.17) is 0 Å². The van der Waals surface area contributed by atoms with E-state index in [2.05, 4.69) is 13.8 Å². The summed E-state index contributed by atoms with van der Waals surface area (Å²) in [5.41, 5.74) is 1.28. The molecule has 4 aliphatic rings. The summed E-state index contributed by atoms with van der Waals surface area (Å²) in [6.45, 7) is 4.32. The van der Waals surface area contributed by atoms with Crippen molar-refractivity contribution in [2.45, 2.75) is 70.7 Å². The summed E-state index contributed by atoms with van der Waals surface area (Å²) in [6.07, 6.45) is 7.93. The van der Waals surface area contributed by atoms with E-state index in [9.17, 15) is 24.5 Å². The van der Waals surface area contributed by atoms with Crippen LogP contribution in [-0.4, -0.2) is 39.4 Å². The van der Waals surface area contributed by atoms with E-state index in [0.717, 1.165) is 36.8 Å². The molecule has 0 heterocycles. The number of carbonyl (C=O) groups excluding carboxylic acids is 1. The van der Waals surface area contributed by atoms with Gasteiger partial charge < -0.3 is 15.3 Å². The highest BCUT2D eigenvalue weighted by atomic mass is 19.1. The van der Waals surface area contributed by atoms with Crippen LogP contribution in [0.1, 0.15) is 57.9 Å². The van der Waals surface area contributed by atoms with Crippen molar-refractivity contribution in [1.29, 1.82) is 0 Å². The van der Waals surface area contributed by atoms with Crippen molar-refractivity contribution in [3.63, 3.8) is 0 Å². The number of ketones is 1. The van der Waals surface area contributed by atoms with Crippen molar-refractivity contribution >= 4 is 11.9 Å². The standard InChI is InChI=1S/C28H35FO4/c1-27-12-11-19(30)13-17(27)14-23(32)25-21-9-8-20(28(21,2)15-24(33)26(25)27)22(31)10-5-16-3-6-18(29)7-4-16/h3-7,10,14,19-21,23-26,30,32-33H,8-9,11-13,15H2,1-2H3/b10-5+/t19-,20+,21-,23+,24+,25+,26-,27-,28+/m0/s1. The molecule has 4 nitrogen and oxygen atoms in total. The third-order valence-corrected chi connectivity index (χ3v) is 9.69. The van der Waals surface area contributed by atoms with Crippen LogP contribution in [0.15, 0.2) is 42.0 Å². The molecule has 0 amide bonds. The number of fused-ring (bicyclic) bond motifs is 5. The normalized spacial score (nSPS) is 44.7. The lowest BCUT2D eigenvalue weighted by Crippen LogP contribution is -2.60. The first-order valence-electron chi connectivity index (χ1n) is 12.4. The Morgan fingerprint density at radius 3 is 2.55 bits per heavy atom. The monoisotopic (exact) mass is 454 g/mol. The molecule has 0 unspecified atom stereocenters. The van der Waals surface area contributed by atoms with Crippen LogP contribution < -0.4 is 0 Å². The molecule has 3 N–H and O–H groups in total. The molecule has 33 heavy (non-hydrogen) atoms. The highest BCUT2D eigenvalue weighted by Gasteiger charge is 2.64. The second-order valence-corrected chi connectivity index (χ2v) is 11.4. The Morgan fingerprint density at radius 1 is 1.09 bits per heavy atom. The Morgan fingerprint density at radius 2 is 1.82 bits per heavy atom. The number of halogens is 1. The molecule has 0 saturated heterocycles. The van der Waals surface area contributed by atoms with Crippen molar-refractivity contribution in [2.75, 3.05) is 0 Å². The summed E-state index contributed by atoms with van der Waals surface area (Å²) in [5, 5.41) is 32.9. The smallest absolute Gasteiger partial charge is 0.159 e. The van der Waals surface area contributed by atoms with Crippen LogP contribution in [0.25, 0.3) is 6.08 Å². The molecule has 0 aliphatic heterocycles. The van der Waals surface area contributed by atoms with Gasteiger partial charge in [0.2, 0.25) is 0 Å². The minimum absolute atomic E-state index is 0.0449. The fourth-order valence-corrected chi connectivity index (χ4v) is 8.08. The van der Waals surface area contributed by atoms with Crippen molar-refractivity contribution in [3.05, 3.63) is 53.4 Å². The molecule has 0 bridgehead atoms. The zero-order chi connectivity index (χ0) is 23.5. The predicted octanol–water partition coefficient (Wildman–Crippen LogP) is 4.29. The third kappa shape index (κ3) is 3.64. The largest absolute Gasteiger partial charge is 0.393 e. The van der Waals surface area contributed by atoms with Crippen LogP contribution in [0, 0.1) is 40.3 Å². The lowest BCUT2D eigenvalue weighted by Gasteiger charge is -2.60. The van der Waals surface area contributed by atoms with Crippen LogP contribution >= 0.6 is 0 Å². The number of rotatable bonds is 3. The fraction of sp³-hybridized carbons (Fsp3) is 0.607. The average molecular weight is 455 g/mol. The lowest BCUT2D eigenvalue weighted by atomic mass is 9.45. The van der Waals surface area contributed by atoms with Gasteiger partial charge in [-0.25, -0.2) is 4.39 Å². The molecule has 3 fully saturated rings. The number of benzene rings is 1. The molecule has 5 heteroatoms. The van der Waals surface area contributed by atoms with E-state index in [-0.39, 0.29) is 52.2 Å². The summed E-state index contributed by atoms with van der Waals surface area (Å²) in [6, 6.07) is 6.06. The van der Waals surface area contributed by atoms with Gasteiger partial charge in [0.15, 0.2) is 5.78 Å². The van der Waals surface area contributed by atoms with Gasteiger partial charge in [-0.3, -0.25) is 4.79 Å². The Balaban J connectivity index is 1.42. The van der Waals surface area contributed by atoms with Crippen molar-refractivity contribution in [1.82, 2.24) is 0 Å². The summed E-state index contributed by atoms with van der Waals surface area (Å²) < 4.78 is 13.2. The molecule has 4 aliphatic carbocycles. The molecule has 0 radical (unpaired) electrons. The van der Waals surface area contributed by atoms with Crippen LogP contribution in [0.2, 0.25) is 0 Å². The first-order chi connectivity index (χ1) is 15.6. The van der Waals surface area contributed by atoms with E-state index in [0.29, 0.717) is 12.8 Å². The Hall–Kier alpha value is -1.82. The van der Waals surface area contributed by atoms with E-state index in [1.807, 2.05) is 6.08 Å². The third-order valence-electron chi connectivity index (χ3n) is 9.69. The van der Waals surface area contributed by atoms with Gasteiger partial charge in [-0.1, -0.05) is 43.7 Å². The van der Waals surface area contributed by atoms with Gasteiger partial charge in [0.1, 0.15) is 5.82 Å². The molecule has 9 atom stereocenters. The number of carbonyl (C=O) groups is 1. The van der Waals surface area contributed by atoms with Crippen LogP contribution in [-0.2, 0) is 4.79 Å². The maximum absolute atomic E-state index is 13.3. The van der Waals surface area contributed by atoms with Crippen molar-refractivity contribution in [2.24, 2.45) is 34.5 Å². The molecular weight excluding hydrogens is 419 g/mol. The second-order valence-electron chi connectivity index (χ2n) is 11.4. The quantitative estimate of drug-likeness (QED) is 0.470. The van der Waals surface area contributed by atoms with E-state index in [1.165, 1.54) is 12.1 Å². The Kier molecular flexibility index (Phi) is 5.66. The second kappa shape index (κ2) is 8.14. The minimum Gasteiger partial charge on any atom is -0.393 e. The number of allylic oxidation sites excluding steroid dienone is 1. The average Bonchev–Trinajstić information content (AvgIpc) is 3.10. The molecule has 5 rings (SSSR count). The molecule has 1 aromatic carbocycles. The van der Waals surface area contributed by atoms with E-state index in [1.54, 1.807) is 24.3 Å².